The van der Waals surface area contributed by atoms with Gasteiger partial charge in [-0.1, -0.05) is 30.3 Å². The van der Waals surface area contributed by atoms with E-state index in [0.29, 0.717) is 6.04 Å². The lowest BCUT2D eigenvalue weighted by molar-refractivity contribution is 0.499. The molecule has 1 aromatic carbocycles. The zero-order chi connectivity index (χ0) is 14.9. The Bertz CT molecular complexity index is 772. The number of hydrogen-bond acceptors (Lipinski definition) is 4. The summed E-state index contributed by atoms with van der Waals surface area (Å²) >= 11 is 0. The van der Waals surface area contributed by atoms with Crippen LogP contribution in [-0.2, 0) is 0 Å². The summed E-state index contributed by atoms with van der Waals surface area (Å²) in [5.41, 5.74) is 9.15. The second-order valence-electron chi connectivity index (χ2n) is 5.80. The Kier molecular flexibility index (Phi) is 3.27. The number of nitrogens with zero attached hydrogens (tertiary/aromatic N) is 4. The van der Waals surface area contributed by atoms with Crippen LogP contribution in [-0.4, -0.2) is 33.7 Å². The van der Waals surface area contributed by atoms with Gasteiger partial charge in [0.1, 0.15) is 5.52 Å². The molecule has 2 aromatic heterocycles. The molecule has 0 aliphatic carbocycles. The van der Waals surface area contributed by atoms with E-state index in [9.17, 15) is 0 Å². The third-order valence-corrected chi connectivity index (χ3v) is 4.28. The molecule has 1 aliphatic rings. The smallest absolute Gasteiger partial charge is 0.154 e. The molecule has 1 fully saturated rings. The molecule has 5 nitrogen and oxygen atoms in total. The van der Waals surface area contributed by atoms with Gasteiger partial charge in [0.15, 0.2) is 5.82 Å². The number of rotatable bonds is 2. The summed E-state index contributed by atoms with van der Waals surface area (Å²) in [5, 5.41) is 4.68. The van der Waals surface area contributed by atoms with Gasteiger partial charge < -0.3 is 10.6 Å². The Hall–Kier alpha value is -2.40. The highest BCUT2D eigenvalue weighted by molar-refractivity contribution is 5.75. The molecule has 0 radical (unpaired) electrons. The molecular weight excluding hydrogens is 274 g/mol. The lowest BCUT2D eigenvalue weighted by Gasteiger charge is -2.31. The van der Waals surface area contributed by atoms with Gasteiger partial charge >= 0.3 is 0 Å². The predicted octanol–water partition coefficient (Wildman–Crippen LogP) is 2.32. The minimum Gasteiger partial charge on any atom is -0.355 e. The van der Waals surface area contributed by atoms with E-state index in [2.05, 4.69) is 33.2 Å². The first kappa shape index (κ1) is 13.3. The Labute approximate surface area is 129 Å². The van der Waals surface area contributed by atoms with Crippen LogP contribution in [0.5, 0.6) is 0 Å². The normalized spacial score (nSPS) is 16.3. The average Bonchev–Trinajstić information content (AvgIpc) is 3.01. The zero-order valence-corrected chi connectivity index (χ0v) is 12.4. The Morgan fingerprint density at radius 3 is 2.64 bits per heavy atom. The fourth-order valence-corrected chi connectivity index (χ4v) is 3.01. The van der Waals surface area contributed by atoms with Gasteiger partial charge in [0.05, 0.1) is 5.69 Å². The fourth-order valence-electron chi connectivity index (χ4n) is 3.01. The summed E-state index contributed by atoms with van der Waals surface area (Å²) in [6.45, 7) is 1.92. The predicted molar refractivity (Wildman–Crippen MR) is 87.8 cm³/mol. The van der Waals surface area contributed by atoms with Crippen molar-refractivity contribution >= 4 is 11.3 Å². The molecule has 3 aromatic rings. The lowest BCUT2D eigenvalue weighted by Crippen LogP contribution is -2.40. The Morgan fingerprint density at radius 2 is 1.86 bits per heavy atom. The minimum absolute atomic E-state index is 0.320. The van der Waals surface area contributed by atoms with Crippen molar-refractivity contribution in [1.29, 1.82) is 0 Å². The number of aromatic nitrogens is 3. The molecule has 0 saturated carbocycles. The van der Waals surface area contributed by atoms with Crippen LogP contribution >= 0.6 is 0 Å². The molecule has 3 heterocycles. The van der Waals surface area contributed by atoms with Crippen molar-refractivity contribution in [3.8, 4) is 11.3 Å². The summed E-state index contributed by atoms with van der Waals surface area (Å²) in [6, 6.07) is 12.7. The monoisotopic (exact) mass is 293 g/mol. The number of fused-ring (bicyclic) bond motifs is 1. The SMILES string of the molecule is NC1CCN(c2nccn3nc(-c4ccccc4)cc23)CC1. The van der Waals surface area contributed by atoms with Crippen molar-refractivity contribution in [2.24, 2.45) is 5.73 Å². The minimum atomic E-state index is 0.320. The molecule has 5 heteroatoms. The van der Waals surface area contributed by atoms with E-state index in [1.807, 2.05) is 35.1 Å². The highest BCUT2D eigenvalue weighted by Crippen LogP contribution is 2.26. The third-order valence-electron chi connectivity index (χ3n) is 4.28. The third kappa shape index (κ3) is 2.33. The van der Waals surface area contributed by atoms with Crippen molar-refractivity contribution < 1.29 is 0 Å². The van der Waals surface area contributed by atoms with Crippen molar-refractivity contribution in [2.45, 2.75) is 18.9 Å². The lowest BCUT2D eigenvalue weighted by atomic mass is 10.1. The molecule has 0 atom stereocenters. The number of hydrogen-bond donors (Lipinski definition) is 1. The summed E-state index contributed by atoms with van der Waals surface area (Å²) in [6.07, 6.45) is 5.75. The van der Waals surface area contributed by atoms with Gasteiger partial charge in [-0.3, -0.25) is 0 Å². The van der Waals surface area contributed by atoms with Crippen molar-refractivity contribution in [1.82, 2.24) is 14.6 Å². The summed E-state index contributed by atoms with van der Waals surface area (Å²) < 4.78 is 1.92. The number of benzene rings is 1. The van der Waals surface area contributed by atoms with Gasteiger partial charge in [0, 0.05) is 37.1 Å². The first-order valence-corrected chi connectivity index (χ1v) is 7.71. The van der Waals surface area contributed by atoms with Crippen LogP contribution in [0.15, 0.2) is 48.8 Å². The van der Waals surface area contributed by atoms with Crippen LogP contribution in [0.4, 0.5) is 5.82 Å². The molecule has 0 amide bonds. The largest absolute Gasteiger partial charge is 0.355 e. The fraction of sp³-hybridized carbons (Fsp3) is 0.294. The maximum absolute atomic E-state index is 6.00. The van der Waals surface area contributed by atoms with Gasteiger partial charge in [-0.2, -0.15) is 5.10 Å². The van der Waals surface area contributed by atoms with Crippen LogP contribution in [0, 0.1) is 0 Å². The molecule has 0 bridgehead atoms. The van der Waals surface area contributed by atoms with E-state index in [-0.39, 0.29) is 0 Å². The molecule has 0 spiro atoms. The average molecular weight is 293 g/mol. The van der Waals surface area contributed by atoms with Gasteiger partial charge in [-0.05, 0) is 18.9 Å². The standard InChI is InChI=1S/C17H19N5/c18-14-6-9-21(10-7-14)17-16-12-15(13-4-2-1-3-5-13)20-22(16)11-8-19-17/h1-5,8,11-12,14H,6-7,9-10,18H2. The van der Waals surface area contributed by atoms with Gasteiger partial charge in [-0.15, -0.1) is 0 Å². The molecule has 112 valence electrons. The van der Waals surface area contributed by atoms with E-state index in [1.165, 1.54) is 0 Å². The van der Waals surface area contributed by atoms with Crippen LogP contribution in [0.1, 0.15) is 12.8 Å². The van der Waals surface area contributed by atoms with Gasteiger partial charge in [0.2, 0.25) is 0 Å². The van der Waals surface area contributed by atoms with Crippen LogP contribution in [0.2, 0.25) is 0 Å². The summed E-state index contributed by atoms with van der Waals surface area (Å²) in [5.74, 6) is 1.00. The number of nitrogens with two attached hydrogens (primary N) is 1. The molecule has 4 rings (SSSR count). The number of anilines is 1. The Morgan fingerprint density at radius 1 is 1.09 bits per heavy atom. The van der Waals surface area contributed by atoms with Crippen molar-refractivity contribution in [3.05, 3.63) is 48.8 Å². The highest BCUT2D eigenvalue weighted by Gasteiger charge is 2.20. The highest BCUT2D eigenvalue weighted by atomic mass is 15.3. The quantitative estimate of drug-likeness (QED) is 0.788. The van der Waals surface area contributed by atoms with Crippen molar-refractivity contribution in [2.75, 3.05) is 18.0 Å². The van der Waals surface area contributed by atoms with E-state index >= 15 is 0 Å². The van der Waals surface area contributed by atoms with Crippen LogP contribution < -0.4 is 10.6 Å². The molecule has 1 saturated heterocycles. The van der Waals surface area contributed by atoms with E-state index in [1.54, 1.807) is 0 Å². The Balaban J connectivity index is 1.75. The second kappa shape index (κ2) is 5.42. The maximum atomic E-state index is 6.00. The summed E-state index contributed by atoms with van der Waals surface area (Å²) in [4.78, 5) is 6.90. The van der Waals surface area contributed by atoms with Crippen LogP contribution in [0.3, 0.4) is 0 Å². The molecular formula is C17H19N5. The van der Waals surface area contributed by atoms with Gasteiger partial charge in [0.25, 0.3) is 0 Å². The summed E-state index contributed by atoms with van der Waals surface area (Å²) in [7, 11) is 0. The van der Waals surface area contributed by atoms with Crippen LogP contribution in [0.25, 0.3) is 16.8 Å². The van der Waals surface area contributed by atoms with E-state index < -0.39 is 0 Å². The maximum Gasteiger partial charge on any atom is 0.154 e. The van der Waals surface area contributed by atoms with E-state index in [4.69, 9.17) is 5.73 Å². The first-order chi connectivity index (χ1) is 10.8. The topological polar surface area (TPSA) is 59.5 Å². The van der Waals surface area contributed by atoms with Gasteiger partial charge in [-0.25, -0.2) is 9.50 Å². The zero-order valence-electron chi connectivity index (χ0n) is 12.4. The molecule has 0 unspecified atom stereocenters. The molecule has 1 aliphatic heterocycles. The number of piperidine rings is 1. The molecule has 2 N–H and O–H groups in total. The molecule has 22 heavy (non-hydrogen) atoms. The second-order valence-corrected chi connectivity index (χ2v) is 5.80. The first-order valence-electron chi connectivity index (χ1n) is 7.71. The van der Waals surface area contributed by atoms with E-state index in [0.717, 1.165) is 48.5 Å². The van der Waals surface area contributed by atoms with Crippen molar-refractivity contribution in [3.63, 3.8) is 0 Å².